The number of nitrogens with one attached hydrogen (secondary N) is 1. The average Bonchev–Trinajstić information content (AvgIpc) is 2.79. The second-order valence-corrected chi connectivity index (χ2v) is 9.23. The van der Waals surface area contributed by atoms with Crippen molar-refractivity contribution in [3.63, 3.8) is 0 Å². The van der Waals surface area contributed by atoms with Crippen LogP contribution in [0.5, 0.6) is 5.75 Å². The molecule has 0 atom stereocenters. The molecule has 10 heteroatoms. The number of carbonyl (C=O) groups excluding carboxylic acids is 2. The molecule has 2 aromatic carbocycles. The van der Waals surface area contributed by atoms with Gasteiger partial charge in [0, 0.05) is 18.8 Å². The molecule has 0 aromatic heterocycles. The van der Waals surface area contributed by atoms with E-state index in [1.54, 1.807) is 19.1 Å². The molecule has 3 rings (SSSR count). The minimum Gasteiger partial charge on any atom is -0.495 e. The van der Waals surface area contributed by atoms with Gasteiger partial charge in [-0.15, -0.1) is 0 Å². The van der Waals surface area contributed by atoms with E-state index in [0.717, 1.165) is 11.1 Å². The van der Waals surface area contributed by atoms with E-state index in [1.807, 2.05) is 13.0 Å². The van der Waals surface area contributed by atoms with Crippen LogP contribution < -0.4 is 10.1 Å². The lowest BCUT2D eigenvalue weighted by atomic mass is 10.1. The molecule has 0 radical (unpaired) electrons. The van der Waals surface area contributed by atoms with Crippen molar-refractivity contribution < 1.29 is 32.2 Å². The molecule has 0 saturated carbocycles. The molecule has 1 aliphatic heterocycles. The zero-order chi connectivity index (χ0) is 23.3. The fourth-order valence-electron chi connectivity index (χ4n) is 3.24. The van der Waals surface area contributed by atoms with Gasteiger partial charge in [0.2, 0.25) is 10.0 Å². The van der Waals surface area contributed by atoms with E-state index in [0.29, 0.717) is 18.8 Å². The number of methoxy groups -OCH3 is 1. The highest BCUT2D eigenvalue weighted by Crippen LogP contribution is 2.30. The molecular weight excluding hydrogens is 436 g/mol. The number of esters is 1. The summed E-state index contributed by atoms with van der Waals surface area (Å²) in [5.41, 5.74) is 2.28. The maximum atomic E-state index is 13.0. The molecule has 32 heavy (non-hydrogen) atoms. The lowest BCUT2D eigenvalue weighted by Crippen LogP contribution is -2.40. The highest BCUT2D eigenvalue weighted by Gasteiger charge is 2.29. The Labute approximate surface area is 187 Å². The molecular formula is C22H26N2O7S. The molecule has 1 aliphatic rings. The number of nitrogens with zero attached hydrogens (tertiary/aromatic N) is 1. The van der Waals surface area contributed by atoms with Gasteiger partial charge in [0.25, 0.3) is 5.91 Å². The topological polar surface area (TPSA) is 111 Å². The van der Waals surface area contributed by atoms with Crippen molar-refractivity contribution in [2.75, 3.05) is 45.3 Å². The van der Waals surface area contributed by atoms with Gasteiger partial charge in [-0.1, -0.05) is 17.7 Å². The first kappa shape index (κ1) is 23.7. The molecule has 1 amide bonds. The summed E-state index contributed by atoms with van der Waals surface area (Å²) in [5, 5.41) is 2.56. The van der Waals surface area contributed by atoms with Crippen LogP contribution in [0.2, 0.25) is 0 Å². The van der Waals surface area contributed by atoms with Crippen molar-refractivity contribution in [3.8, 4) is 5.75 Å². The van der Waals surface area contributed by atoms with Crippen LogP contribution in [0.15, 0.2) is 41.3 Å². The number of rotatable bonds is 7. The van der Waals surface area contributed by atoms with E-state index in [9.17, 15) is 18.0 Å². The van der Waals surface area contributed by atoms with Gasteiger partial charge in [-0.05, 0) is 43.7 Å². The Morgan fingerprint density at radius 1 is 1.09 bits per heavy atom. The van der Waals surface area contributed by atoms with Gasteiger partial charge < -0.3 is 19.5 Å². The fraction of sp³-hybridized carbons (Fsp3) is 0.364. The maximum absolute atomic E-state index is 13.0. The summed E-state index contributed by atoms with van der Waals surface area (Å²) in [7, 11) is -2.47. The third-order valence-corrected chi connectivity index (χ3v) is 6.90. The number of aryl methyl sites for hydroxylation is 2. The van der Waals surface area contributed by atoms with E-state index >= 15 is 0 Å². The van der Waals surface area contributed by atoms with Crippen molar-refractivity contribution in [3.05, 3.63) is 53.1 Å². The molecule has 0 spiro atoms. The molecule has 0 unspecified atom stereocenters. The smallest absolute Gasteiger partial charge is 0.338 e. The second kappa shape index (κ2) is 10.1. The van der Waals surface area contributed by atoms with Gasteiger partial charge in [-0.25, -0.2) is 13.2 Å². The summed E-state index contributed by atoms with van der Waals surface area (Å²) in [5.74, 6) is -1.04. The van der Waals surface area contributed by atoms with E-state index < -0.39 is 28.5 Å². The quantitative estimate of drug-likeness (QED) is 0.628. The van der Waals surface area contributed by atoms with Crippen molar-refractivity contribution in [2.24, 2.45) is 0 Å². The SMILES string of the molecule is COc1ccc(NC(=O)COC(=O)c2cc(C)ccc2C)cc1S(=O)(=O)N1CCOCC1. The number of sulfonamides is 1. The zero-order valence-electron chi connectivity index (χ0n) is 18.2. The van der Waals surface area contributed by atoms with Crippen LogP contribution in [0.1, 0.15) is 21.5 Å². The second-order valence-electron chi connectivity index (χ2n) is 7.32. The largest absolute Gasteiger partial charge is 0.495 e. The zero-order valence-corrected chi connectivity index (χ0v) is 19.0. The van der Waals surface area contributed by atoms with E-state index in [1.165, 1.54) is 29.6 Å². The number of hydrogen-bond donors (Lipinski definition) is 1. The van der Waals surface area contributed by atoms with Gasteiger partial charge in [0.05, 0.1) is 25.9 Å². The van der Waals surface area contributed by atoms with Crippen LogP contribution in [0.25, 0.3) is 0 Å². The van der Waals surface area contributed by atoms with Gasteiger partial charge >= 0.3 is 5.97 Å². The Balaban J connectivity index is 1.70. The van der Waals surface area contributed by atoms with Crippen molar-refractivity contribution >= 4 is 27.6 Å². The minimum absolute atomic E-state index is 0.0629. The number of carbonyl (C=O) groups is 2. The van der Waals surface area contributed by atoms with Crippen molar-refractivity contribution in [1.82, 2.24) is 4.31 Å². The first-order valence-corrected chi connectivity index (χ1v) is 11.5. The Hall–Kier alpha value is -2.95. The first-order chi connectivity index (χ1) is 15.2. The molecule has 2 aromatic rings. The van der Waals surface area contributed by atoms with Crippen LogP contribution in [0.4, 0.5) is 5.69 Å². The molecule has 9 nitrogen and oxygen atoms in total. The van der Waals surface area contributed by atoms with Gasteiger partial charge in [0.15, 0.2) is 6.61 Å². The summed E-state index contributed by atoms with van der Waals surface area (Å²) in [4.78, 5) is 24.6. The number of amides is 1. The molecule has 1 saturated heterocycles. The average molecular weight is 463 g/mol. The number of ether oxygens (including phenoxy) is 3. The van der Waals surface area contributed by atoms with Crippen LogP contribution in [0, 0.1) is 13.8 Å². The summed E-state index contributed by atoms with van der Waals surface area (Å²) in [6.07, 6.45) is 0. The summed E-state index contributed by atoms with van der Waals surface area (Å²) in [6.45, 7) is 4.21. The minimum atomic E-state index is -3.84. The Bertz CT molecular complexity index is 1110. The van der Waals surface area contributed by atoms with E-state index in [4.69, 9.17) is 14.2 Å². The number of anilines is 1. The lowest BCUT2D eigenvalue weighted by molar-refractivity contribution is -0.119. The van der Waals surface area contributed by atoms with Gasteiger partial charge in [-0.3, -0.25) is 4.79 Å². The molecule has 172 valence electrons. The summed E-state index contributed by atoms with van der Waals surface area (Å²) in [6, 6.07) is 9.69. The lowest BCUT2D eigenvalue weighted by Gasteiger charge is -2.26. The third-order valence-electron chi connectivity index (χ3n) is 4.98. The van der Waals surface area contributed by atoms with Crippen molar-refractivity contribution in [2.45, 2.75) is 18.7 Å². The number of morpholine rings is 1. The molecule has 0 bridgehead atoms. The standard InChI is InChI=1S/C22H26N2O7S/c1-15-4-5-16(2)18(12-15)22(26)31-14-21(25)23-17-6-7-19(29-3)20(13-17)32(27,28)24-8-10-30-11-9-24/h4-7,12-13H,8-11,14H2,1-3H3,(H,23,25). The maximum Gasteiger partial charge on any atom is 0.338 e. The number of hydrogen-bond acceptors (Lipinski definition) is 7. The molecule has 0 aliphatic carbocycles. The Morgan fingerprint density at radius 2 is 1.81 bits per heavy atom. The van der Waals surface area contributed by atoms with Crippen LogP contribution in [-0.2, 0) is 24.3 Å². The molecule has 1 fully saturated rings. The van der Waals surface area contributed by atoms with Crippen LogP contribution >= 0.6 is 0 Å². The van der Waals surface area contributed by atoms with E-state index in [-0.39, 0.29) is 29.4 Å². The first-order valence-electron chi connectivity index (χ1n) is 10.0. The molecule has 1 heterocycles. The van der Waals surface area contributed by atoms with E-state index in [2.05, 4.69) is 5.32 Å². The van der Waals surface area contributed by atoms with Crippen molar-refractivity contribution in [1.29, 1.82) is 0 Å². The Kier molecular flexibility index (Phi) is 7.49. The summed E-state index contributed by atoms with van der Waals surface area (Å²) >= 11 is 0. The monoisotopic (exact) mass is 462 g/mol. The summed E-state index contributed by atoms with van der Waals surface area (Å²) < 4.78 is 43.0. The third kappa shape index (κ3) is 5.45. The predicted molar refractivity (Wildman–Crippen MR) is 117 cm³/mol. The fourth-order valence-corrected chi connectivity index (χ4v) is 4.83. The predicted octanol–water partition coefficient (Wildman–Crippen LogP) is 2.13. The highest BCUT2D eigenvalue weighted by molar-refractivity contribution is 7.89. The number of benzene rings is 2. The van der Waals surface area contributed by atoms with Crippen LogP contribution in [-0.4, -0.2) is 64.6 Å². The van der Waals surface area contributed by atoms with Crippen LogP contribution in [0.3, 0.4) is 0 Å². The normalized spacial score (nSPS) is 14.6. The highest BCUT2D eigenvalue weighted by atomic mass is 32.2. The Morgan fingerprint density at radius 3 is 2.50 bits per heavy atom. The molecule has 1 N–H and O–H groups in total. The van der Waals surface area contributed by atoms with Gasteiger partial charge in [-0.2, -0.15) is 4.31 Å². The van der Waals surface area contributed by atoms with Gasteiger partial charge in [0.1, 0.15) is 10.6 Å².